The van der Waals surface area contributed by atoms with Crippen LogP contribution in [0.15, 0.2) is 18.2 Å². The SMILES string of the molecule is CC(C)N(CC(N)=O)c1ccc([N+](=O)[O-])c(C=O)c1. The van der Waals surface area contributed by atoms with Gasteiger partial charge in [-0.25, -0.2) is 0 Å². The van der Waals surface area contributed by atoms with Crippen molar-refractivity contribution >= 4 is 23.6 Å². The van der Waals surface area contributed by atoms with E-state index in [1.165, 1.54) is 18.2 Å². The predicted molar refractivity (Wildman–Crippen MR) is 70.2 cm³/mol. The van der Waals surface area contributed by atoms with Crippen LogP contribution < -0.4 is 10.6 Å². The third kappa shape index (κ3) is 3.51. The molecule has 0 saturated heterocycles. The van der Waals surface area contributed by atoms with Crippen LogP contribution in [0.25, 0.3) is 0 Å². The van der Waals surface area contributed by atoms with Crippen LogP contribution in [-0.4, -0.2) is 29.7 Å². The van der Waals surface area contributed by atoms with Gasteiger partial charge in [-0.2, -0.15) is 0 Å². The second-order valence-corrected chi connectivity index (χ2v) is 4.31. The molecule has 0 aliphatic carbocycles. The Morgan fingerprint density at radius 2 is 2.16 bits per heavy atom. The summed E-state index contributed by atoms with van der Waals surface area (Å²) >= 11 is 0. The van der Waals surface area contributed by atoms with Crippen LogP contribution in [0.4, 0.5) is 11.4 Å². The van der Waals surface area contributed by atoms with E-state index in [1.807, 2.05) is 13.8 Å². The number of amides is 1. The number of nitro benzene ring substituents is 1. The average molecular weight is 265 g/mol. The van der Waals surface area contributed by atoms with Gasteiger partial charge in [0.15, 0.2) is 6.29 Å². The van der Waals surface area contributed by atoms with Gasteiger partial charge in [0.2, 0.25) is 5.91 Å². The van der Waals surface area contributed by atoms with Crippen molar-refractivity contribution in [1.82, 2.24) is 0 Å². The fourth-order valence-electron chi connectivity index (χ4n) is 1.72. The standard InChI is InChI=1S/C12H15N3O4/c1-8(2)14(6-12(13)17)10-3-4-11(15(18)19)9(5-10)7-16/h3-5,7-8H,6H2,1-2H3,(H2,13,17). The van der Waals surface area contributed by atoms with Gasteiger partial charge in [-0.3, -0.25) is 19.7 Å². The van der Waals surface area contributed by atoms with Crippen molar-refractivity contribution in [2.75, 3.05) is 11.4 Å². The first-order chi connectivity index (χ1) is 8.86. The first-order valence-electron chi connectivity index (χ1n) is 5.65. The summed E-state index contributed by atoms with van der Waals surface area (Å²) in [6, 6.07) is 4.09. The maximum absolute atomic E-state index is 11.0. The summed E-state index contributed by atoms with van der Waals surface area (Å²) in [4.78, 5) is 33.7. The fourth-order valence-corrected chi connectivity index (χ4v) is 1.72. The monoisotopic (exact) mass is 265 g/mol. The lowest BCUT2D eigenvalue weighted by atomic mass is 10.1. The minimum Gasteiger partial charge on any atom is -0.368 e. The van der Waals surface area contributed by atoms with Gasteiger partial charge in [0.25, 0.3) is 5.69 Å². The molecule has 1 aromatic carbocycles. The molecule has 19 heavy (non-hydrogen) atoms. The first kappa shape index (κ1) is 14.6. The second kappa shape index (κ2) is 5.94. The molecule has 0 fully saturated rings. The Hall–Kier alpha value is -2.44. The number of anilines is 1. The van der Waals surface area contributed by atoms with Crippen LogP contribution in [0.5, 0.6) is 0 Å². The zero-order valence-electron chi connectivity index (χ0n) is 10.7. The summed E-state index contributed by atoms with van der Waals surface area (Å²) in [7, 11) is 0. The highest BCUT2D eigenvalue weighted by Gasteiger charge is 2.18. The Bertz CT molecular complexity index is 514. The summed E-state index contributed by atoms with van der Waals surface area (Å²) in [5.41, 5.74) is 5.41. The minimum atomic E-state index is -0.624. The molecule has 0 heterocycles. The van der Waals surface area contributed by atoms with Crippen molar-refractivity contribution in [1.29, 1.82) is 0 Å². The Morgan fingerprint density at radius 1 is 1.53 bits per heavy atom. The highest BCUT2D eigenvalue weighted by molar-refractivity contribution is 5.85. The van der Waals surface area contributed by atoms with E-state index in [2.05, 4.69) is 0 Å². The van der Waals surface area contributed by atoms with Gasteiger partial charge in [-0.05, 0) is 26.0 Å². The molecule has 0 radical (unpaired) electrons. The third-order valence-corrected chi connectivity index (χ3v) is 2.62. The molecule has 102 valence electrons. The van der Waals surface area contributed by atoms with Crippen LogP contribution in [0.1, 0.15) is 24.2 Å². The molecule has 0 aromatic heterocycles. The number of benzene rings is 1. The summed E-state index contributed by atoms with van der Waals surface area (Å²) in [5, 5.41) is 10.7. The molecule has 1 amide bonds. The number of aldehydes is 1. The first-order valence-corrected chi connectivity index (χ1v) is 5.65. The summed E-state index contributed by atoms with van der Waals surface area (Å²) in [6.45, 7) is 3.68. The van der Waals surface area contributed by atoms with E-state index < -0.39 is 10.8 Å². The highest BCUT2D eigenvalue weighted by atomic mass is 16.6. The van der Waals surface area contributed by atoms with E-state index in [0.717, 1.165) is 0 Å². The van der Waals surface area contributed by atoms with E-state index in [0.29, 0.717) is 12.0 Å². The van der Waals surface area contributed by atoms with Crippen molar-refractivity contribution in [2.24, 2.45) is 5.73 Å². The molecule has 1 aromatic rings. The summed E-state index contributed by atoms with van der Waals surface area (Å²) in [6.07, 6.45) is 0.421. The Balaban J connectivity index is 3.22. The fraction of sp³-hybridized carbons (Fsp3) is 0.333. The Morgan fingerprint density at radius 3 is 2.58 bits per heavy atom. The van der Waals surface area contributed by atoms with E-state index >= 15 is 0 Å². The largest absolute Gasteiger partial charge is 0.368 e. The summed E-state index contributed by atoms with van der Waals surface area (Å²) < 4.78 is 0. The van der Waals surface area contributed by atoms with Gasteiger partial charge >= 0.3 is 0 Å². The maximum atomic E-state index is 11.0. The van der Waals surface area contributed by atoms with Crippen LogP contribution in [0, 0.1) is 10.1 Å². The molecular formula is C12H15N3O4. The van der Waals surface area contributed by atoms with E-state index in [9.17, 15) is 19.7 Å². The Labute approximate surface area is 110 Å². The number of carbonyl (C=O) groups is 2. The molecule has 0 bridgehead atoms. The lowest BCUT2D eigenvalue weighted by Gasteiger charge is -2.27. The predicted octanol–water partition coefficient (Wildman–Crippen LogP) is 1.11. The smallest absolute Gasteiger partial charge is 0.280 e. The number of nitrogens with zero attached hydrogens (tertiary/aromatic N) is 2. The van der Waals surface area contributed by atoms with E-state index in [1.54, 1.807) is 4.90 Å². The van der Waals surface area contributed by atoms with Gasteiger partial charge < -0.3 is 10.6 Å². The van der Waals surface area contributed by atoms with Gasteiger partial charge in [0.1, 0.15) is 0 Å². The van der Waals surface area contributed by atoms with Crippen LogP contribution >= 0.6 is 0 Å². The topological polar surface area (TPSA) is 107 Å². The molecule has 7 heteroatoms. The zero-order chi connectivity index (χ0) is 14.6. The third-order valence-electron chi connectivity index (χ3n) is 2.62. The maximum Gasteiger partial charge on any atom is 0.280 e. The molecule has 0 aliphatic heterocycles. The zero-order valence-corrected chi connectivity index (χ0v) is 10.7. The number of carbonyl (C=O) groups excluding carboxylic acids is 2. The van der Waals surface area contributed by atoms with Crippen molar-refractivity contribution in [2.45, 2.75) is 19.9 Å². The van der Waals surface area contributed by atoms with Crippen molar-refractivity contribution in [3.05, 3.63) is 33.9 Å². The van der Waals surface area contributed by atoms with Crippen molar-refractivity contribution in [3.8, 4) is 0 Å². The molecule has 0 saturated carbocycles. The van der Waals surface area contributed by atoms with E-state index in [4.69, 9.17) is 5.73 Å². The van der Waals surface area contributed by atoms with Gasteiger partial charge in [-0.15, -0.1) is 0 Å². The lowest BCUT2D eigenvalue weighted by molar-refractivity contribution is -0.385. The summed E-state index contributed by atoms with van der Waals surface area (Å²) in [5.74, 6) is -0.514. The molecular weight excluding hydrogens is 250 g/mol. The second-order valence-electron chi connectivity index (χ2n) is 4.31. The normalized spacial score (nSPS) is 10.3. The highest BCUT2D eigenvalue weighted by Crippen LogP contribution is 2.24. The van der Waals surface area contributed by atoms with Crippen molar-refractivity contribution in [3.63, 3.8) is 0 Å². The number of hydrogen-bond donors (Lipinski definition) is 1. The average Bonchev–Trinajstić information content (AvgIpc) is 2.34. The molecule has 0 spiro atoms. The van der Waals surface area contributed by atoms with Gasteiger partial charge in [0, 0.05) is 17.8 Å². The van der Waals surface area contributed by atoms with Gasteiger partial charge in [-0.1, -0.05) is 0 Å². The van der Waals surface area contributed by atoms with Crippen LogP contribution in [-0.2, 0) is 4.79 Å². The Kier molecular flexibility index (Phi) is 4.57. The van der Waals surface area contributed by atoms with Crippen molar-refractivity contribution < 1.29 is 14.5 Å². The number of rotatable bonds is 6. The number of hydrogen-bond acceptors (Lipinski definition) is 5. The number of nitrogens with two attached hydrogens (primary N) is 1. The molecule has 7 nitrogen and oxygen atoms in total. The van der Waals surface area contributed by atoms with Crippen LogP contribution in [0.3, 0.4) is 0 Å². The quantitative estimate of drug-likeness (QED) is 0.471. The molecule has 0 aliphatic rings. The molecule has 2 N–H and O–H groups in total. The molecule has 0 atom stereocenters. The van der Waals surface area contributed by atoms with Crippen LogP contribution in [0.2, 0.25) is 0 Å². The van der Waals surface area contributed by atoms with E-state index in [-0.39, 0.29) is 23.8 Å². The lowest BCUT2D eigenvalue weighted by Crippen LogP contribution is -2.38. The number of primary amides is 1. The minimum absolute atomic E-state index is 0.0201. The molecule has 1 rings (SSSR count). The van der Waals surface area contributed by atoms with Gasteiger partial charge in [0.05, 0.1) is 17.0 Å². The number of nitro groups is 1. The molecule has 0 unspecified atom stereocenters.